The number of thiocarbonyl (C=S) groups is 1. The summed E-state index contributed by atoms with van der Waals surface area (Å²) in [4.78, 5) is 0.434. The van der Waals surface area contributed by atoms with E-state index in [1.165, 1.54) is 10.4 Å². The van der Waals surface area contributed by atoms with Gasteiger partial charge in [-0.3, -0.25) is 0 Å². The first-order chi connectivity index (χ1) is 8.80. The topological polar surface area (TPSA) is 63.4 Å². The summed E-state index contributed by atoms with van der Waals surface area (Å²) in [5.41, 5.74) is 6.11. The van der Waals surface area contributed by atoms with E-state index in [9.17, 15) is 8.42 Å². The minimum Gasteiger partial charge on any atom is -0.389 e. The lowest BCUT2D eigenvalue weighted by atomic mass is 10.2. The van der Waals surface area contributed by atoms with Gasteiger partial charge in [0, 0.05) is 18.2 Å². The zero-order valence-corrected chi connectivity index (χ0v) is 13.1. The van der Waals surface area contributed by atoms with Crippen LogP contribution in [-0.2, 0) is 10.0 Å². The van der Waals surface area contributed by atoms with E-state index >= 15 is 0 Å². The fraction of sp³-hybridized carbons (Fsp3) is 0.462. The second kappa shape index (κ2) is 6.45. The van der Waals surface area contributed by atoms with E-state index in [0.717, 1.165) is 6.42 Å². The Kier molecular flexibility index (Phi) is 5.46. The Hall–Kier alpha value is -0.980. The molecule has 0 spiro atoms. The predicted molar refractivity (Wildman–Crippen MR) is 81.6 cm³/mol. The number of nitrogens with two attached hydrogens (primary N) is 1. The zero-order valence-electron chi connectivity index (χ0n) is 11.5. The van der Waals surface area contributed by atoms with Crippen LogP contribution < -0.4 is 5.73 Å². The molecule has 0 aliphatic rings. The second-order valence-electron chi connectivity index (χ2n) is 4.60. The van der Waals surface area contributed by atoms with Crippen molar-refractivity contribution in [3.63, 3.8) is 0 Å². The van der Waals surface area contributed by atoms with Gasteiger partial charge in [-0.15, -0.1) is 0 Å². The highest BCUT2D eigenvalue weighted by Gasteiger charge is 2.26. The molecule has 0 amide bonds. The number of hydrogen-bond acceptors (Lipinski definition) is 3. The Morgan fingerprint density at radius 3 is 2.53 bits per heavy atom. The Labute approximate surface area is 120 Å². The molecule has 4 nitrogen and oxygen atoms in total. The van der Waals surface area contributed by atoms with Crippen LogP contribution in [0, 0.1) is 0 Å². The largest absolute Gasteiger partial charge is 0.389 e. The quantitative estimate of drug-likeness (QED) is 0.818. The van der Waals surface area contributed by atoms with Crippen molar-refractivity contribution in [1.29, 1.82) is 0 Å². The van der Waals surface area contributed by atoms with Crippen LogP contribution in [0.3, 0.4) is 0 Å². The van der Waals surface area contributed by atoms with Crippen LogP contribution in [0.1, 0.15) is 32.8 Å². The Morgan fingerprint density at radius 1 is 1.42 bits per heavy atom. The Morgan fingerprint density at radius 2 is 2.05 bits per heavy atom. The predicted octanol–water partition coefficient (Wildman–Crippen LogP) is 2.13. The molecule has 0 atom stereocenters. The minimum absolute atomic E-state index is 0.0848. The van der Waals surface area contributed by atoms with Gasteiger partial charge in [0.15, 0.2) is 0 Å². The van der Waals surface area contributed by atoms with Gasteiger partial charge >= 0.3 is 0 Å². The summed E-state index contributed by atoms with van der Waals surface area (Å²) in [5.74, 6) is 0. The molecule has 1 aromatic carbocycles. The number of hydrogen-bond donors (Lipinski definition) is 1. The molecule has 1 aromatic rings. The van der Waals surface area contributed by atoms with E-state index in [1.807, 2.05) is 20.8 Å². The molecule has 19 heavy (non-hydrogen) atoms. The van der Waals surface area contributed by atoms with E-state index < -0.39 is 10.0 Å². The smallest absolute Gasteiger partial charge is 0.243 e. The molecule has 2 N–H and O–H groups in total. The standard InChI is InChI=1S/C13H20N2O2S2/c1-4-8-15(10(2)3)19(16,17)12-7-5-6-11(9-12)13(14)18/h5-7,9-10H,4,8H2,1-3H3,(H2,14,18). The lowest BCUT2D eigenvalue weighted by Crippen LogP contribution is -2.37. The maximum atomic E-state index is 12.6. The summed E-state index contributed by atoms with van der Waals surface area (Å²) < 4.78 is 26.7. The molecule has 0 saturated heterocycles. The van der Waals surface area contributed by atoms with Crippen molar-refractivity contribution in [3.05, 3.63) is 29.8 Å². The van der Waals surface area contributed by atoms with Gasteiger partial charge in [0.05, 0.1) is 4.90 Å². The van der Waals surface area contributed by atoms with E-state index in [-0.39, 0.29) is 15.9 Å². The van der Waals surface area contributed by atoms with Gasteiger partial charge in [0.25, 0.3) is 0 Å². The SMILES string of the molecule is CCCN(C(C)C)S(=O)(=O)c1cccc(C(N)=S)c1. The number of nitrogens with zero attached hydrogens (tertiary/aromatic N) is 1. The minimum atomic E-state index is -3.50. The second-order valence-corrected chi connectivity index (χ2v) is 6.93. The fourth-order valence-electron chi connectivity index (χ4n) is 1.82. The first-order valence-electron chi connectivity index (χ1n) is 6.22. The van der Waals surface area contributed by atoms with Gasteiger partial charge in [-0.05, 0) is 32.4 Å². The first-order valence-corrected chi connectivity index (χ1v) is 8.07. The van der Waals surface area contributed by atoms with Crippen molar-refractivity contribution < 1.29 is 8.42 Å². The highest BCUT2D eigenvalue weighted by molar-refractivity contribution is 7.89. The van der Waals surface area contributed by atoms with Gasteiger partial charge in [-0.2, -0.15) is 4.31 Å². The van der Waals surface area contributed by atoms with Gasteiger partial charge in [0.1, 0.15) is 4.99 Å². The first kappa shape index (κ1) is 16.1. The average Bonchev–Trinajstić information content (AvgIpc) is 2.35. The van der Waals surface area contributed by atoms with Gasteiger partial charge < -0.3 is 5.73 Å². The molecular weight excluding hydrogens is 280 g/mol. The van der Waals surface area contributed by atoms with Crippen LogP contribution in [0.25, 0.3) is 0 Å². The maximum absolute atomic E-state index is 12.6. The molecule has 0 aromatic heterocycles. The summed E-state index contributed by atoms with van der Waals surface area (Å²) in [6.45, 7) is 6.18. The monoisotopic (exact) mass is 300 g/mol. The highest BCUT2D eigenvalue weighted by Crippen LogP contribution is 2.19. The molecule has 0 heterocycles. The molecule has 1 rings (SSSR count). The third kappa shape index (κ3) is 3.75. The van der Waals surface area contributed by atoms with Crippen LogP contribution in [0.4, 0.5) is 0 Å². The molecule has 0 fully saturated rings. The van der Waals surface area contributed by atoms with Crippen molar-refractivity contribution in [2.75, 3.05) is 6.54 Å². The van der Waals surface area contributed by atoms with Crippen LogP contribution >= 0.6 is 12.2 Å². The summed E-state index contributed by atoms with van der Waals surface area (Å²) >= 11 is 4.88. The number of benzene rings is 1. The van der Waals surface area contributed by atoms with Gasteiger partial charge in [-0.1, -0.05) is 31.3 Å². The molecule has 0 bridgehead atoms. The fourth-order valence-corrected chi connectivity index (χ4v) is 3.72. The normalized spacial score (nSPS) is 12.1. The summed E-state index contributed by atoms with van der Waals surface area (Å²) in [7, 11) is -3.50. The van der Waals surface area contributed by atoms with E-state index in [2.05, 4.69) is 0 Å². The lowest BCUT2D eigenvalue weighted by Gasteiger charge is -2.25. The summed E-state index contributed by atoms with van der Waals surface area (Å²) in [6, 6.07) is 6.39. The van der Waals surface area contributed by atoms with Crippen molar-refractivity contribution in [1.82, 2.24) is 4.31 Å². The van der Waals surface area contributed by atoms with Crippen LogP contribution in [0.5, 0.6) is 0 Å². The zero-order chi connectivity index (χ0) is 14.6. The van der Waals surface area contributed by atoms with E-state index in [4.69, 9.17) is 18.0 Å². The van der Waals surface area contributed by atoms with Crippen molar-refractivity contribution in [3.8, 4) is 0 Å². The van der Waals surface area contributed by atoms with Crippen LogP contribution in [0.15, 0.2) is 29.2 Å². The van der Waals surface area contributed by atoms with Crippen molar-refractivity contribution in [2.24, 2.45) is 5.73 Å². The third-order valence-electron chi connectivity index (χ3n) is 2.75. The Bertz CT molecular complexity index is 554. The molecule has 0 saturated carbocycles. The third-order valence-corrected chi connectivity index (χ3v) is 5.05. The molecule has 0 aliphatic carbocycles. The van der Waals surface area contributed by atoms with E-state index in [0.29, 0.717) is 12.1 Å². The number of sulfonamides is 1. The summed E-state index contributed by atoms with van der Waals surface area (Å²) in [5, 5.41) is 0. The summed E-state index contributed by atoms with van der Waals surface area (Å²) in [6.07, 6.45) is 0.770. The Balaban J connectivity index is 3.25. The lowest BCUT2D eigenvalue weighted by molar-refractivity contribution is 0.354. The van der Waals surface area contributed by atoms with Gasteiger partial charge in [-0.25, -0.2) is 8.42 Å². The van der Waals surface area contributed by atoms with Gasteiger partial charge in [0.2, 0.25) is 10.0 Å². The molecular formula is C13H20N2O2S2. The van der Waals surface area contributed by atoms with E-state index in [1.54, 1.807) is 18.2 Å². The number of rotatable bonds is 6. The molecule has 6 heteroatoms. The van der Waals surface area contributed by atoms with Crippen LogP contribution in [-0.4, -0.2) is 30.3 Å². The molecule has 106 valence electrons. The molecule has 0 aliphatic heterocycles. The highest BCUT2D eigenvalue weighted by atomic mass is 32.2. The molecule has 0 unspecified atom stereocenters. The van der Waals surface area contributed by atoms with Crippen molar-refractivity contribution in [2.45, 2.75) is 38.1 Å². The average molecular weight is 300 g/mol. The van der Waals surface area contributed by atoms with Crippen molar-refractivity contribution >= 4 is 27.2 Å². The van der Waals surface area contributed by atoms with Crippen LogP contribution in [0.2, 0.25) is 0 Å². The maximum Gasteiger partial charge on any atom is 0.243 e. The molecule has 0 radical (unpaired) electrons.